The van der Waals surface area contributed by atoms with Crippen molar-refractivity contribution in [2.75, 3.05) is 6.54 Å². The Morgan fingerprint density at radius 3 is 3.08 bits per heavy atom. The molecule has 72 valence electrons. The first kappa shape index (κ1) is 9.12. The van der Waals surface area contributed by atoms with Crippen LogP contribution in [-0.2, 0) is 19.3 Å². The quantitative estimate of drug-likeness (QED) is 0.743. The van der Waals surface area contributed by atoms with Crippen molar-refractivity contribution in [2.24, 2.45) is 5.73 Å². The van der Waals surface area contributed by atoms with Crippen LogP contribution in [0.1, 0.15) is 22.0 Å². The topological polar surface area (TPSA) is 59.1 Å². The summed E-state index contributed by atoms with van der Waals surface area (Å²) in [5.74, 6) is 0. The molecule has 0 spiro atoms. The monoisotopic (exact) mass is 198 g/mol. The molecule has 0 saturated carbocycles. The smallest absolute Gasteiger partial charge is 0.0957 e. The number of nitrogens with zero attached hydrogens (tertiary/aromatic N) is 1. The molecule has 3 nitrogen and oxygen atoms in total. The van der Waals surface area contributed by atoms with Gasteiger partial charge < -0.3 is 10.8 Å². The van der Waals surface area contributed by atoms with Gasteiger partial charge in [0.15, 0.2) is 0 Å². The summed E-state index contributed by atoms with van der Waals surface area (Å²) in [6.07, 6.45) is 3.73. The van der Waals surface area contributed by atoms with Crippen LogP contribution in [0.5, 0.6) is 0 Å². The van der Waals surface area contributed by atoms with Crippen LogP contribution in [0.2, 0.25) is 0 Å². The van der Waals surface area contributed by atoms with Crippen LogP contribution in [-0.4, -0.2) is 22.7 Å². The molecule has 0 aliphatic heterocycles. The maximum atomic E-state index is 9.34. The lowest BCUT2D eigenvalue weighted by atomic mass is 10.2. The van der Waals surface area contributed by atoms with Gasteiger partial charge in [-0.25, -0.2) is 4.98 Å². The minimum Gasteiger partial charge on any atom is -0.391 e. The molecule has 1 aromatic heterocycles. The van der Waals surface area contributed by atoms with Crippen molar-refractivity contribution < 1.29 is 5.11 Å². The molecule has 0 bridgehead atoms. The zero-order valence-electron chi connectivity index (χ0n) is 7.49. The molecule has 2 rings (SSSR count). The Morgan fingerprint density at radius 1 is 1.54 bits per heavy atom. The minimum absolute atomic E-state index is 0.324. The number of aromatic nitrogens is 1. The van der Waals surface area contributed by atoms with E-state index in [0.717, 1.165) is 11.4 Å². The first-order valence-corrected chi connectivity index (χ1v) is 5.47. The molecule has 13 heavy (non-hydrogen) atoms. The van der Waals surface area contributed by atoms with Crippen molar-refractivity contribution in [3.05, 3.63) is 15.6 Å². The zero-order chi connectivity index (χ0) is 9.26. The molecular formula is C9H14N2OS. The second-order valence-electron chi connectivity index (χ2n) is 3.42. The lowest BCUT2D eigenvalue weighted by Crippen LogP contribution is -2.21. The molecule has 1 aliphatic rings. The first-order valence-electron chi connectivity index (χ1n) is 4.65. The van der Waals surface area contributed by atoms with Crippen molar-refractivity contribution in [1.82, 2.24) is 4.98 Å². The molecular weight excluding hydrogens is 184 g/mol. The van der Waals surface area contributed by atoms with E-state index in [4.69, 9.17) is 5.73 Å². The third-order valence-electron chi connectivity index (χ3n) is 2.32. The van der Waals surface area contributed by atoms with Crippen molar-refractivity contribution in [2.45, 2.75) is 31.8 Å². The highest BCUT2D eigenvalue weighted by molar-refractivity contribution is 7.11. The largest absolute Gasteiger partial charge is 0.391 e. The molecule has 1 heterocycles. The average Bonchev–Trinajstić information content (AvgIpc) is 2.63. The molecule has 0 fully saturated rings. The normalized spacial score (nSPS) is 17.4. The summed E-state index contributed by atoms with van der Waals surface area (Å²) in [4.78, 5) is 5.90. The maximum absolute atomic E-state index is 9.34. The third kappa shape index (κ3) is 1.90. The van der Waals surface area contributed by atoms with Crippen LogP contribution >= 0.6 is 11.3 Å². The summed E-state index contributed by atoms with van der Waals surface area (Å²) in [6, 6.07) is 0. The lowest BCUT2D eigenvalue weighted by Gasteiger charge is -2.03. The van der Waals surface area contributed by atoms with Crippen LogP contribution < -0.4 is 5.73 Å². The van der Waals surface area contributed by atoms with E-state index in [-0.39, 0.29) is 0 Å². The Balaban J connectivity index is 2.06. The van der Waals surface area contributed by atoms with E-state index in [1.54, 1.807) is 11.3 Å². The highest BCUT2D eigenvalue weighted by atomic mass is 32.1. The summed E-state index contributed by atoms with van der Waals surface area (Å²) >= 11 is 1.74. The second-order valence-corrected chi connectivity index (χ2v) is 4.59. The molecule has 1 atom stereocenters. The first-order chi connectivity index (χ1) is 6.29. The number of rotatable bonds is 3. The van der Waals surface area contributed by atoms with E-state index in [9.17, 15) is 5.11 Å². The van der Waals surface area contributed by atoms with Gasteiger partial charge in [0.05, 0.1) is 16.8 Å². The van der Waals surface area contributed by atoms with Gasteiger partial charge in [-0.05, 0) is 19.3 Å². The summed E-state index contributed by atoms with van der Waals surface area (Å²) in [6.45, 7) is 0.324. The Hall–Kier alpha value is -0.450. The fourth-order valence-corrected chi connectivity index (χ4v) is 2.84. The van der Waals surface area contributed by atoms with Crippen LogP contribution in [0, 0.1) is 0 Å². The van der Waals surface area contributed by atoms with Crippen molar-refractivity contribution in [1.29, 1.82) is 0 Å². The Morgan fingerprint density at radius 2 is 2.38 bits per heavy atom. The van der Waals surface area contributed by atoms with E-state index in [1.165, 1.54) is 23.4 Å². The number of fused-ring (bicyclic) bond motifs is 1. The molecule has 0 radical (unpaired) electrons. The standard InChI is InChI=1S/C9H14N2OS/c10-5-6(12)4-9-11-7-2-1-3-8(7)13-9/h6,12H,1-5,10H2. The van der Waals surface area contributed by atoms with Crippen LogP contribution in [0.25, 0.3) is 0 Å². The Kier molecular flexibility index (Phi) is 2.62. The molecule has 0 saturated heterocycles. The maximum Gasteiger partial charge on any atom is 0.0957 e. The summed E-state index contributed by atoms with van der Waals surface area (Å²) in [5, 5.41) is 10.4. The predicted molar refractivity (Wildman–Crippen MR) is 52.9 cm³/mol. The van der Waals surface area contributed by atoms with Gasteiger partial charge in [0.25, 0.3) is 0 Å². The van der Waals surface area contributed by atoms with E-state index < -0.39 is 6.10 Å². The fourth-order valence-electron chi connectivity index (χ4n) is 1.62. The van der Waals surface area contributed by atoms with Gasteiger partial charge in [-0.3, -0.25) is 0 Å². The molecule has 4 heteroatoms. The number of thiazole rings is 1. The predicted octanol–water partition coefficient (Wildman–Crippen LogP) is 0.494. The van der Waals surface area contributed by atoms with Gasteiger partial charge in [0.2, 0.25) is 0 Å². The van der Waals surface area contributed by atoms with Crippen LogP contribution in [0.15, 0.2) is 0 Å². The van der Waals surface area contributed by atoms with Crippen LogP contribution in [0.3, 0.4) is 0 Å². The second kappa shape index (κ2) is 3.74. The molecule has 0 amide bonds. The SMILES string of the molecule is NCC(O)Cc1nc2c(s1)CCC2. The zero-order valence-corrected chi connectivity index (χ0v) is 8.31. The number of aryl methyl sites for hydroxylation is 2. The Labute approximate surface area is 81.6 Å². The summed E-state index contributed by atoms with van der Waals surface area (Å²) in [5.41, 5.74) is 6.59. The highest BCUT2D eigenvalue weighted by Gasteiger charge is 2.17. The minimum atomic E-state index is -0.425. The van der Waals surface area contributed by atoms with E-state index in [2.05, 4.69) is 4.98 Å². The van der Waals surface area contributed by atoms with Gasteiger partial charge in [0, 0.05) is 17.8 Å². The number of hydrogen-bond acceptors (Lipinski definition) is 4. The van der Waals surface area contributed by atoms with Crippen LogP contribution in [0.4, 0.5) is 0 Å². The highest BCUT2D eigenvalue weighted by Crippen LogP contribution is 2.27. The summed E-state index contributed by atoms with van der Waals surface area (Å²) in [7, 11) is 0. The van der Waals surface area contributed by atoms with Gasteiger partial charge in [-0.1, -0.05) is 0 Å². The number of aliphatic hydroxyl groups excluding tert-OH is 1. The van der Waals surface area contributed by atoms with E-state index in [1.807, 2.05) is 0 Å². The van der Waals surface area contributed by atoms with E-state index >= 15 is 0 Å². The number of hydrogen-bond donors (Lipinski definition) is 2. The van der Waals surface area contributed by atoms with Gasteiger partial charge in [-0.2, -0.15) is 0 Å². The summed E-state index contributed by atoms with van der Waals surface area (Å²) < 4.78 is 0. The number of aliphatic hydroxyl groups is 1. The van der Waals surface area contributed by atoms with Gasteiger partial charge in [-0.15, -0.1) is 11.3 Å². The van der Waals surface area contributed by atoms with Crippen molar-refractivity contribution >= 4 is 11.3 Å². The lowest BCUT2D eigenvalue weighted by molar-refractivity contribution is 0.183. The average molecular weight is 198 g/mol. The van der Waals surface area contributed by atoms with Gasteiger partial charge in [0.1, 0.15) is 0 Å². The molecule has 1 aliphatic carbocycles. The molecule has 1 unspecified atom stereocenters. The fraction of sp³-hybridized carbons (Fsp3) is 0.667. The third-order valence-corrected chi connectivity index (χ3v) is 3.50. The molecule has 1 aromatic rings. The van der Waals surface area contributed by atoms with E-state index in [0.29, 0.717) is 13.0 Å². The number of nitrogens with two attached hydrogens (primary N) is 1. The Bertz CT molecular complexity index is 276. The van der Waals surface area contributed by atoms with Crippen molar-refractivity contribution in [3.8, 4) is 0 Å². The van der Waals surface area contributed by atoms with Crippen molar-refractivity contribution in [3.63, 3.8) is 0 Å². The van der Waals surface area contributed by atoms with Gasteiger partial charge >= 0.3 is 0 Å². The molecule has 3 N–H and O–H groups in total. The molecule has 0 aromatic carbocycles.